The molecule has 1 saturated carbocycles. The number of hydrogen-bond donors (Lipinski definition) is 5. The summed E-state index contributed by atoms with van der Waals surface area (Å²) in [4.78, 5) is 46.0. The van der Waals surface area contributed by atoms with E-state index in [0.29, 0.717) is 30.4 Å². The number of carbonyl (C=O) groups is 3. The van der Waals surface area contributed by atoms with Gasteiger partial charge in [-0.1, -0.05) is 82.4 Å². The van der Waals surface area contributed by atoms with Crippen molar-refractivity contribution < 1.29 is 24.2 Å². The zero-order valence-electron chi connectivity index (χ0n) is 24.8. The first-order chi connectivity index (χ1) is 20.2. The fourth-order valence-electron chi connectivity index (χ4n) is 5.70. The van der Waals surface area contributed by atoms with E-state index in [4.69, 9.17) is 10.5 Å². The van der Waals surface area contributed by atoms with Crippen molar-refractivity contribution in [3.63, 3.8) is 0 Å². The largest absolute Gasteiger partial charge is 0.436 e. The van der Waals surface area contributed by atoms with E-state index in [1.165, 1.54) is 12.7 Å². The lowest BCUT2D eigenvalue weighted by Crippen LogP contribution is -2.56. The Morgan fingerprint density at radius 2 is 1.83 bits per heavy atom. The summed E-state index contributed by atoms with van der Waals surface area (Å²) in [7, 11) is 0. The van der Waals surface area contributed by atoms with Gasteiger partial charge in [0.2, 0.25) is 5.91 Å². The zero-order valence-corrected chi connectivity index (χ0v) is 24.8. The zero-order chi connectivity index (χ0) is 30.5. The summed E-state index contributed by atoms with van der Waals surface area (Å²) < 4.78 is 5.15. The molecular weight excluding hydrogens is 534 g/mol. The minimum atomic E-state index is -1.23. The molecule has 2 aromatic rings. The van der Waals surface area contributed by atoms with Crippen LogP contribution in [0.2, 0.25) is 0 Å². The first-order valence-corrected chi connectivity index (χ1v) is 15.0. The smallest absolute Gasteiger partial charge is 0.405 e. The maximum atomic E-state index is 13.8. The van der Waals surface area contributed by atoms with E-state index in [2.05, 4.69) is 41.0 Å². The van der Waals surface area contributed by atoms with Crippen LogP contribution in [0.3, 0.4) is 0 Å². The highest BCUT2D eigenvalue weighted by atomic mass is 16.6. The molecule has 1 aromatic heterocycles. The molecule has 0 radical (unpaired) electrons. The minimum Gasteiger partial charge on any atom is -0.436 e. The van der Waals surface area contributed by atoms with E-state index in [1.54, 1.807) is 6.20 Å². The van der Waals surface area contributed by atoms with Gasteiger partial charge in [0.25, 0.3) is 5.91 Å². The van der Waals surface area contributed by atoms with Crippen molar-refractivity contribution >= 4 is 17.9 Å². The molecule has 230 valence electrons. The van der Waals surface area contributed by atoms with Crippen LogP contribution in [0.5, 0.6) is 0 Å². The third-order valence-electron chi connectivity index (χ3n) is 8.19. The number of rotatable bonds is 16. The van der Waals surface area contributed by atoms with Crippen LogP contribution in [0.4, 0.5) is 4.79 Å². The van der Waals surface area contributed by atoms with E-state index >= 15 is 0 Å². The van der Waals surface area contributed by atoms with Crippen molar-refractivity contribution in [3.05, 3.63) is 66.8 Å². The number of H-pyrrole nitrogens is 1. The number of primary amides is 1. The molecule has 6 N–H and O–H groups in total. The van der Waals surface area contributed by atoms with Gasteiger partial charge in [0.05, 0.1) is 24.2 Å². The van der Waals surface area contributed by atoms with Crippen LogP contribution in [-0.4, -0.2) is 57.3 Å². The van der Waals surface area contributed by atoms with Gasteiger partial charge in [0.15, 0.2) is 6.10 Å². The Balaban J connectivity index is 1.80. The molecule has 0 bridgehead atoms. The summed E-state index contributed by atoms with van der Waals surface area (Å²) in [5.41, 5.74) is 6.62. The summed E-state index contributed by atoms with van der Waals surface area (Å²) in [6.45, 7) is 8.11. The van der Waals surface area contributed by atoms with Crippen molar-refractivity contribution in [2.24, 2.45) is 23.5 Å². The Bertz CT molecular complexity index is 1120. The highest BCUT2D eigenvalue weighted by Gasteiger charge is 2.33. The standard InChI is InChI=1S/C32H47N5O5/c1-4-24(21(2)3)17-28(38)26(15-22-11-7-5-8-12-22)36-30(39)27(18-25-19-34-20-35-25)37-31(40)29(42-32(33)41)16-23-13-9-6-10-14-23/h4,6,9-10,13-14,19-22,24,26-29,38H,1,5,7-8,11-12,15-18H2,2-3H3,(H2,33,41)(H,34,35)(H,36,39)(H,37,40)/t24-,26-,27-,28+,29+/m0/s1. The molecule has 0 spiro atoms. The van der Waals surface area contributed by atoms with Crippen LogP contribution >= 0.6 is 0 Å². The molecule has 1 aromatic carbocycles. The highest BCUT2D eigenvalue weighted by molar-refractivity contribution is 5.90. The summed E-state index contributed by atoms with van der Waals surface area (Å²) in [6.07, 6.45) is 8.84. The molecule has 0 unspecified atom stereocenters. The van der Waals surface area contributed by atoms with Gasteiger partial charge in [-0.3, -0.25) is 9.59 Å². The topological polar surface area (TPSA) is 159 Å². The number of allylic oxidation sites excluding steroid dienone is 1. The summed E-state index contributed by atoms with van der Waals surface area (Å²) >= 11 is 0. The first kappa shape index (κ1) is 32.8. The van der Waals surface area contributed by atoms with Gasteiger partial charge in [0, 0.05) is 19.0 Å². The quantitative estimate of drug-likeness (QED) is 0.190. The van der Waals surface area contributed by atoms with E-state index in [1.807, 2.05) is 36.4 Å². The van der Waals surface area contributed by atoms with Gasteiger partial charge >= 0.3 is 6.09 Å². The molecule has 1 fully saturated rings. The number of nitrogens with one attached hydrogen (secondary N) is 3. The van der Waals surface area contributed by atoms with Crippen LogP contribution in [-0.2, 0) is 27.2 Å². The second-order valence-corrected chi connectivity index (χ2v) is 11.7. The molecule has 42 heavy (non-hydrogen) atoms. The lowest BCUT2D eigenvalue weighted by Gasteiger charge is -2.33. The lowest BCUT2D eigenvalue weighted by molar-refractivity contribution is -0.134. The number of carbonyl (C=O) groups excluding carboxylic acids is 3. The molecule has 10 heteroatoms. The van der Waals surface area contributed by atoms with Crippen molar-refractivity contribution in [3.8, 4) is 0 Å². The monoisotopic (exact) mass is 581 g/mol. The van der Waals surface area contributed by atoms with E-state index in [9.17, 15) is 19.5 Å². The number of aliphatic hydroxyl groups is 1. The average molecular weight is 582 g/mol. The van der Waals surface area contributed by atoms with Gasteiger partial charge in [-0.15, -0.1) is 6.58 Å². The molecule has 0 aliphatic heterocycles. The summed E-state index contributed by atoms with van der Waals surface area (Å²) in [6, 6.07) is 7.56. The molecule has 1 aliphatic carbocycles. The van der Waals surface area contributed by atoms with Gasteiger partial charge in [-0.25, -0.2) is 9.78 Å². The number of benzene rings is 1. The Morgan fingerprint density at radius 3 is 2.43 bits per heavy atom. The third-order valence-corrected chi connectivity index (χ3v) is 8.19. The molecule has 0 saturated heterocycles. The van der Waals surface area contributed by atoms with Gasteiger partial charge in [0.1, 0.15) is 6.04 Å². The SMILES string of the molecule is C=C[C@@H](C[C@@H](O)[C@H](CC1CCCCC1)NC(=O)[C@H](Cc1c[nH]cn1)NC(=O)[C@@H](Cc1ccccc1)OC(N)=O)C(C)C. The predicted octanol–water partition coefficient (Wildman–Crippen LogP) is 3.81. The average Bonchev–Trinajstić information content (AvgIpc) is 3.48. The minimum absolute atomic E-state index is 0.0908. The van der Waals surface area contributed by atoms with E-state index < -0.39 is 42.2 Å². The number of aromatic amines is 1. The van der Waals surface area contributed by atoms with Crippen LogP contribution in [0.1, 0.15) is 70.1 Å². The van der Waals surface area contributed by atoms with Crippen molar-refractivity contribution in [2.45, 2.75) is 95.9 Å². The van der Waals surface area contributed by atoms with Gasteiger partial charge in [-0.05, 0) is 36.2 Å². The van der Waals surface area contributed by atoms with Crippen molar-refractivity contribution in [1.82, 2.24) is 20.6 Å². The molecule has 5 atom stereocenters. The first-order valence-electron chi connectivity index (χ1n) is 15.0. The molecule has 1 aliphatic rings. The van der Waals surface area contributed by atoms with Crippen molar-refractivity contribution in [1.29, 1.82) is 0 Å². The van der Waals surface area contributed by atoms with Crippen LogP contribution in [0.15, 0.2) is 55.5 Å². The summed E-state index contributed by atoms with van der Waals surface area (Å²) in [5, 5.41) is 17.2. The summed E-state index contributed by atoms with van der Waals surface area (Å²) in [5.74, 6) is -0.303. The highest BCUT2D eigenvalue weighted by Crippen LogP contribution is 2.30. The molecule has 1 heterocycles. The number of aromatic nitrogens is 2. The third kappa shape index (κ3) is 10.6. The predicted molar refractivity (Wildman–Crippen MR) is 161 cm³/mol. The number of nitrogens with zero attached hydrogens (tertiary/aromatic N) is 1. The Hall–Kier alpha value is -3.66. The normalized spacial score (nSPS) is 17.4. The Labute approximate surface area is 248 Å². The number of aliphatic hydroxyl groups excluding tert-OH is 1. The lowest BCUT2D eigenvalue weighted by atomic mass is 9.81. The number of imidazole rings is 1. The van der Waals surface area contributed by atoms with Gasteiger partial charge in [-0.2, -0.15) is 0 Å². The fourth-order valence-corrected chi connectivity index (χ4v) is 5.70. The molecular formula is C32H47N5O5. The molecule has 10 nitrogen and oxygen atoms in total. The van der Waals surface area contributed by atoms with E-state index in [0.717, 1.165) is 31.2 Å². The van der Waals surface area contributed by atoms with Crippen molar-refractivity contribution in [2.75, 3.05) is 0 Å². The maximum Gasteiger partial charge on any atom is 0.405 e. The fraction of sp³-hybridized carbons (Fsp3) is 0.562. The van der Waals surface area contributed by atoms with E-state index in [-0.39, 0.29) is 18.8 Å². The van der Waals surface area contributed by atoms with Crippen LogP contribution < -0.4 is 16.4 Å². The maximum absolute atomic E-state index is 13.8. The number of amides is 3. The Kier molecular flexibility index (Phi) is 13.1. The number of nitrogens with two attached hydrogens (primary N) is 1. The second-order valence-electron chi connectivity index (χ2n) is 11.7. The second kappa shape index (κ2) is 16.7. The van der Waals surface area contributed by atoms with Crippen LogP contribution in [0.25, 0.3) is 0 Å². The Morgan fingerprint density at radius 1 is 1.12 bits per heavy atom. The number of ether oxygens (including phenoxy) is 1. The number of hydrogen-bond acceptors (Lipinski definition) is 6. The molecule has 3 rings (SSSR count). The van der Waals surface area contributed by atoms with Gasteiger partial charge < -0.3 is 31.2 Å². The molecule has 3 amide bonds. The van der Waals surface area contributed by atoms with Crippen LogP contribution in [0, 0.1) is 17.8 Å².